The Morgan fingerprint density at radius 3 is 2.68 bits per heavy atom. The molecule has 1 aromatic carbocycles. The van der Waals surface area contributed by atoms with Gasteiger partial charge in [0.1, 0.15) is 5.65 Å². The van der Waals surface area contributed by atoms with Gasteiger partial charge in [-0.2, -0.15) is 0 Å². The maximum absolute atomic E-state index is 4.65. The van der Waals surface area contributed by atoms with Crippen LogP contribution in [-0.4, -0.2) is 21.9 Å². The molecule has 0 amide bonds. The third-order valence-electron chi connectivity index (χ3n) is 3.79. The second kappa shape index (κ2) is 8.16. The number of pyridine rings is 1. The summed E-state index contributed by atoms with van der Waals surface area (Å²) >= 11 is 3.48. The van der Waals surface area contributed by atoms with Gasteiger partial charge in [0.25, 0.3) is 0 Å². The van der Waals surface area contributed by atoms with Crippen molar-refractivity contribution < 1.29 is 0 Å². The summed E-state index contributed by atoms with van der Waals surface area (Å²) in [5, 5.41) is 6.62. The summed E-state index contributed by atoms with van der Waals surface area (Å²) in [6.45, 7) is 6.24. The fourth-order valence-corrected chi connectivity index (χ4v) is 2.83. The van der Waals surface area contributed by atoms with Crippen molar-refractivity contribution in [1.29, 1.82) is 0 Å². The number of aryl methyl sites for hydroxylation is 1. The van der Waals surface area contributed by atoms with Crippen molar-refractivity contribution in [3.63, 3.8) is 0 Å². The first-order valence-corrected chi connectivity index (χ1v) is 9.14. The largest absolute Gasteiger partial charge is 0.357 e. The van der Waals surface area contributed by atoms with Crippen LogP contribution in [0.2, 0.25) is 0 Å². The number of hydrogen-bond acceptors (Lipinski definition) is 2. The number of nitrogens with zero attached hydrogens (tertiary/aromatic N) is 3. The van der Waals surface area contributed by atoms with Gasteiger partial charge in [0.2, 0.25) is 0 Å². The Morgan fingerprint density at radius 1 is 1.12 bits per heavy atom. The average molecular weight is 400 g/mol. The van der Waals surface area contributed by atoms with Crippen LogP contribution < -0.4 is 10.6 Å². The molecule has 0 fully saturated rings. The van der Waals surface area contributed by atoms with Gasteiger partial charge < -0.3 is 15.0 Å². The Morgan fingerprint density at radius 2 is 1.92 bits per heavy atom. The first-order chi connectivity index (χ1) is 12.1. The third kappa shape index (κ3) is 4.82. The van der Waals surface area contributed by atoms with E-state index in [2.05, 4.69) is 74.7 Å². The van der Waals surface area contributed by atoms with Crippen LogP contribution in [0.25, 0.3) is 5.65 Å². The van der Waals surface area contributed by atoms with Crippen LogP contribution in [0, 0.1) is 6.92 Å². The minimum Gasteiger partial charge on any atom is -0.357 e. The summed E-state index contributed by atoms with van der Waals surface area (Å²) in [5.74, 6) is 0.793. The smallest absolute Gasteiger partial charge is 0.191 e. The fraction of sp³-hybridized carbons (Fsp3) is 0.263. The number of benzene rings is 1. The van der Waals surface area contributed by atoms with E-state index < -0.39 is 0 Å². The number of rotatable bonds is 5. The number of imidazole rings is 1. The zero-order valence-corrected chi connectivity index (χ0v) is 16.0. The lowest BCUT2D eigenvalue weighted by atomic mass is 10.1. The number of nitrogens with one attached hydrogen (secondary N) is 2. The number of halogens is 1. The molecule has 0 bridgehead atoms. The number of hydrogen-bond donors (Lipinski definition) is 2. The van der Waals surface area contributed by atoms with E-state index in [-0.39, 0.29) is 0 Å². The molecule has 0 aliphatic heterocycles. The topological polar surface area (TPSA) is 53.7 Å². The van der Waals surface area contributed by atoms with Crippen LogP contribution in [-0.2, 0) is 13.1 Å². The van der Waals surface area contributed by atoms with Crippen molar-refractivity contribution in [2.75, 3.05) is 6.54 Å². The predicted octanol–water partition coefficient (Wildman–Crippen LogP) is 3.66. The molecule has 25 heavy (non-hydrogen) atoms. The van der Waals surface area contributed by atoms with Crippen LogP contribution in [0.1, 0.15) is 23.7 Å². The van der Waals surface area contributed by atoms with Gasteiger partial charge in [-0.05, 0) is 47.5 Å². The molecule has 0 saturated heterocycles. The molecule has 2 N–H and O–H groups in total. The quantitative estimate of drug-likeness (QED) is 0.508. The molecular formula is C19H22BrN5. The van der Waals surface area contributed by atoms with Crippen LogP contribution in [0.4, 0.5) is 0 Å². The molecule has 0 spiro atoms. The lowest BCUT2D eigenvalue weighted by molar-refractivity contribution is 0.804. The Hall–Kier alpha value is -2.34. The van der Waals surface area contributed by atoms with E-state index in [1.54, 1.807) is 0 Å². The highest BCUT2D eigenvalue weighted by atomic mass is 79.9. The van der Waals surface area contributed by atoms with Crippen molar-refractivity contribution in [1.82, 2.24) is 20.0 Å². The van der Waals surface area contributed by atoms with Gasteiger partial charge in [-0.25, -0.2) is 9.98 Å². The van der Waals surface area contributed by atoms with E-state index >= 15 is 0 Å². The molecule has 2 aromatic heterocycles. The van der Waals surface area contributed by atoms with E-state index in [1.165, 1.54) is 11.1 Å². The molecule has 3 aromatic rings. The highest BCUT2D eigenvalue weighted by molar-refractivity contribution is 9.10. The third-order valence-corrected chi connectivity index (χ3v) is 4.26. The second-order valence-corrected chi connectivity index (χ2v) is 6.80. The normalized spacial score (nSPS) is 11.7. The molecule has 0 aliphatic carbocycles. The maximum Gasteiger partial charge on any atom is 0.191 e. The molecule has 0 unspecified atom stereocenters. The lowest BCUT2D eigenvalue weighted by Crippen LogP contribution is -2.36. The summed E-state index contributed by atoms with van der Waals surface area (Å²) < 4.78 is 3.04. The Kier molecular flexibility index (Phi) is 5.71. The van der Waals surface area contributed by atoms with Crippen LogP contribution in [0.3, 0.4) is 0 Å². The van der Waals surface area contributed by atoms with Crippen LogP contribution in [0.15, 0.2) is 58.3 Å². The highest BCUT2D eigenvalue weighted by Gasteiger charge is 2.04. The summed E-state index contributed by atoms with van der Waals surface area (Å²) in [7, 11) is 0. The molecule has 0 aliphatic rings. The van der Waals surface area contributed by atoms with Gasteiger partial charge in [0.15, 0.2) is 5.96 Å². The second-order valence-electron chi connectivity index (χ2n) is 5.88. The predicted molar refractivity (Wildman–Crippen MR) is 106 cm³/mol. The summed E-state index contributed by atoms with van der Waals surface area (Å²) in [6, 6.07) is 12.4. The van der Waals surface area contributed by atoms with E-state index in [0.717, 1.165) is 28.3 Å². The minimum absolute atomic E-state index is 0.624. The summed E-state index contributed by atoms with van der Waals surface area (Å²) in [6.07, 6.45) is 4.03. The number of fused-ring (bicyclic) bond motifs is 1. The van der Waals surface area contributed by atoms with Crippen molar-refractivity contribution in [3.05, 3.63) is 70.1 Å². The van der Waals surface area contributed by atoms with Gasteiger partial charge in [0.05, 0.1) is 18.8 Å². The maximum atomic E-state index is 4.65. The number of guanidine groups is 1. The lowest BCUT2D eigenvalue weighted by Gasteiger charge is -2.10. The molecule has 2 heterocycles. The van der Waals surface area contributed by atoms with E-state index in [1.807, 2.05) is 28.9 Å². The van der Waals surface area contributed by atoms with Crippen molar-refractivity contribution in [3.8, 4) is 0 Å². The number of aromatic nitrogens is 2. The highest BCUT2D eigenvalue weighted by Crippen LogP contribution is 2.12. The first kappa shape index (κ1) is 17.5. The van der Waals surface area contributed by atoms with Gasteiger partial charge >= 0.3 is 0 Å². The Balaban J connectivity index is 1.65. The van der Waals surface area contributed by atoms with E-state index in [0.29, 0.717) is 13.1 Å². The first-order valence-electron chi connectivity index (χ1n) is 8.35. The zero-order chi connectivity index (χ0) is 17.6. The SMILES string of the molecule is CCNC(=NCc1ccc(C)cc1)NCc1cn2cc(Br)ccc2n1. The molecule has 0 radical (unpaired) electrons. The van der Waals surface area contributed by atoms with Crippen LogP contribution in [0.5, 0.6) is 0 Å². The molecule has 0 saturated carbocycles. The summed E-state index contributed by atoms with van der Waals surface area (Å²) in [4.78, 5) is 9.26. The van der Waals surface area contributed by atoms with E-state index in [9.17, 15) is 0 Å². The van der Waals surface area contributed by atoms with Gasteiger partial charge in [-0.15, -0.1) is 0 Å². The van der Waals surface area contributed by atoms with Crippen molar-refractivity contribution >= 4 is 27.5 Å². The average Bonchev–Trinajstić information content (AvgIpc) is 3.00. The molecule has 0 atom stereocenters. The Bertz CT molecular complexity index is 867. The van der Waals surface area contributed by atoms with E-state index in [4.69, 9.17) is 0 Å². The van der Waals surface area contributed by atoms with Crippen LogP contribution >= 0.6 is 15.9 Å². The van der Waals surface area contributed by atoms with Gasteiger partial charge in [0, 0.05) is 23.4 Å². The van der Waals surface area contributed by atoms with Gasteiger partial charge in [-0.1, -0.05) is 29.8 Å². The molecule has 3 rings (SSSR count). The van der Waals surface area contributed by atoms with Crippen molar-refractivity contribution in [2.24, 2.45) is 4.99 Å². The Labute approximate surface area is 156 Å². The van der Waals surface area contributed by atoms with Crippen molar-refractivity contribution in [2.45, 2.75) is 26.9 Å². The van der Waals surface area contributed by atoms with Gasteiger partial charge in [-0.3, -0.25) is 0 Å². The minimum atomic E-state index is 0.624. The number of aliphatic imine (C=N–C) groups is 1. The molecule has 130 valence electrons. The molecule has 6 heteroatoms. The fourth-order valence-electron chi connectivity index (χ4n) is 2.48. The zero-order valence-electron chi connectivity index (χ0n) is 14.5. The molecule has 5 nitrogen and oxygen atoms in total. The monoisotopic (exact) mass is 399 g/mol. The summed E-state index contributed by atoms with van der Waals surface area (Å²) in [5.41, 5.74) is 4.36. The standard InChI is InChI=1S/C19H22BrN5/c1-3-21-19(22-10-15-6-4-14(2)5-7-15)23-11-17-13-25-12-16(20)8-9-18(25)24-17/h4-9,12-13H,3,10-11H2,1-2H3,(H2,21,22,23). The molecular weight excluding hydrogens is 378 g/mol.